The third-order valence-corrected chi connectivity index (χ3v) is 7.31. The van der Waals surface area contributed by atoms with Gasteiger partial charge in [-0.2, -0.15) is 0 Å². The molecule has 0 aromatic rings. The van der Waals surface area contributed by atoms with Crippen LogP contribution < -0.4 is 0 Å². The van der Waals surface area contributed by atoms with E-state index >= 15 is 0 Å². The molecule has 0 aromatic carbocycles. The minimum absolute atomic E-state index is 0.00753. The number of unbranched alkanes of at least 4 members (excludes halogenated alkanes) is 22. The predicted octanol–water partition coefficient (Wildman–Crippen LogP) is 12.2. The Morgan fingerprint density at radius 3 is 1.16 bits per heavy atom. The maximum Gasteiger partial charge on any atom is 0.305 e. The zero-order valence-electron chi connectivity index (χ0n) is 25.4. The number of rotatable bonds is 30. The van der Waals surface area contributed by atoms with E-state index < -0.39 is 0 Å². The highest BCUT2D eigenvalue weighted by Gasteiger charge is 2.02. The Labute approximate surface area is 233 Å². The molecule has 0 aliphatic carbocycles. The summed E-state index contributed by atoms with van der Waals surface area (Å²) < 4.78 is 5.42. The van der Waals surface area contributed by atoms with Gasteiger partial charge in [0.1, 0.15) is 0 Å². The van der Waals surface area contributed by atoms with E-state index in [1.54, 1.807) is 0 Å². The fraction of sp³-hybridized carbons (Fsp3) is 0.857. The topological polar surface area (TPSA) is 26.3 Å². The molecule has 37 heavy (non-hydrogen) atoms. The van der Waals surface area contributed by atoms with Crippen LogP contribution in [-0.2, 0) is 9.53 Å². The summed E-state index contributed by atoms with van der Waals surface area (Å²) in [6, 6.07) is 0. The van der Waals surface area contributed by atoms with Crippen molar-refractivity contribution in [3.05, 3.63) is 24.3 Å². The first-order valence-corrected chi connectivity index (χ1v) is 16.8. The lowest BCUT2D eigenvalue weighted by Crippen LogP contribution is -2.05. The molecule has 2 nitrogen and oxygen atoms in total. The first-order chi connectivity index (χ1) is 18.3. The molecule has 0 aliphatic rings. The Morgan fingerprint density at radius 2 is 0.757 bits per heavy atom. The van der Waals surface area contributed by atoms with Crippen LogP contribution in [0.1, 0.15) is 187 Å². The van der Waals surface area contributed by atoms with Gasteiger partial charge in [-0.1, -0.05) is 141 Å². The number of allylic oxidation sites excluding steroid dienone is 4. The average Bonchev–Trinajstić information content (AvgIpc) is 2.90. The Hall–Kier alpha value is -1.05. The molecule has 0 saturated heterocycles. The number of ether oxygens (including phenoxy) is 1. The summed E-state index contributed by atoms with van der Waals surface area (Å²) in [7, 11) is 0. The molecule has 218 valence electrons. The first-order valence-electron chi connectivity index (χ1n) is 16.8. The van der Waals surface area contributed by atoms with Crippen LogP contribution in [0.3, 0.4) is 0 Å². The summed E-state index contributed by atoms with van der Waals surface area (Å²) in [6.45, 7) is 5.17. The maximum absolute atomic E-state index is 11.9. The van der Waals surface area contributed by atoms with Crippen LogP contribution in [0, 0.1) is 0 Å². The molecule has 0 unspecified atom stereocenters. The van der Waals surface area contributed by atoms with E-state index in [1.807, 2.05) is 0 Å². The fourth-order valence-corrected chi connectivity index (χ4v) is 4.77. The second-order valence-electron chi connectivity index (χ2n) is 11.1. The molecule has 0 amide bonds. The summed E-state index contributed by atoms with van der Waals surface area (Å²) in [6.07, 6.45) is 43.7. The van der Waals surface area contributed by atoms with Crippen molar-refractivity contribution in [2.24, 2.45) is 0 Å². The molecule has 0 rings (SSSR count). The smallest absolute Gasteiger partial charge is 0.305 e. The minimum Gasteiger partial charge on any atom is -0.466 e. The molecule has 0 radical (unpaired) electrons. The van der Waals surface area contributed by atoms with Gasteiger partial charge in [-0.15, -0.1) is 0 Å². The van der Waals surface area contributed by atoms with Crippen LogP contribution in [0.2, 0.25) is 0 Å². The van der Waals surface area contributed by atoms with Crippen molar-refractivity contribution < 1.29 is 9.53 Å². The van der Waals surface area contributed by atoms with E-state index in [1.165, 1.54) is 148 Å². The van der Waals surface area contributed by atoms with Gasteiger partial charge in [0.25, 0.3) is 0 Å². The SMILES string of the molecule is CCCCCCCC/C=C/CCCCCCCOC(=O)CCCCCCC/C=C/CCCCCCCC. The lowest BCUT2D eigenvalue weighted by Gasteiger charge is -2.05. The van der Waals surface area contributed by atoms with E-state index in [2.05, 4.69) is 38.2 Å². The third-order valence-electron chi connectivity index (χ3n) is 7.31. The number of carbonyl (C=O) groups excluding carboxylic acids is 1. The summed E-state index contributed by atoms with van der Waals surface area (Å²) in [5, 5.41) is 0. The molecule has 0 atom stereocenters. The highest BCUT2D eigenvalue weighted by molar-refractivity contribution is 5.69. The van der Waals surface area contributed by atoms with Gasteiger partial charge in [-0.25, -0.2) is 0 Å². The van der Waals surface area contributed by atoms with Gasteiger partial charge < -0.3 is 4.74 Å². The van der Waals surface area contributed by atoms with Gasteiger partial charge in [0.2, 0.25) is 0 Å². The number of esters is 1. The van der Waals surface area contributed by atoms with Gasteiger partial charge in [0, 0.05) is 6.42 Å². The zero-order valence-corrected chi connectivity index (χ0v) is 25.4. The van der Waals surface area contributed by atoms with E-state index in [0.29, 0.717) is 13.0 Å². The minimum atomic E-state index is 0.00753. The van der Waals surface area contributed by atoms with Gasteiger partial charge in [0.05, 0.1) is 6.61 Å². The lowest BCUT2D eigenvalue weighted by atomic mass is 10.1. The Morgan fingerprint density at radius 1 is 0.432 bits per heavy atom. The number of hydrogen-bond donors (Lipinski definition) is 0. The van der Waals surface area contributed by atoms with Gasteiger partial charge in [0.15, 0.2) is 0 Å². The quantitative estimate of drug-likeness (QED) is 0.0537. The van der Waals surface area contributed by atoms with Crippen molar-refractivity contribution >= 4 is 5.97 Å². The van der Waals surface area contributed by atoms with Crippen LogP contribution in [0.5, 0.6) is 0 Å². The van der Waals surface area contributed by atoms with Crippen molar-refractivity contribution in [3.8, 4) is 0 Å². The Balaban J connectivity index is 3.23. The highest BCUT2D eigenvalue weighted by atomic mass is 16.5. The number of hydrogen-bond acceptors (Lipinski definition) is 2. The summed E-state index contributed by atoms with van der Waals surface area (Å²) in [5.74, 6) is 0.00753. The van der Waals surface area contributed by atoms with Gasteiger partial charge in [-0.05, 0) is 64.2 Å². The molecule has 0 fully saturated rings. The third kappa shape index (κ3) is 32.9. The molecular formula is C35H66O2. The average molecular weight is 519 g/mol. The molecular weight excluding hydrogens is 452 g/mol. The van der Waals surface area contributed by atoms with Crippen molar-refractivity contribution in [1.82, 2.24) is 0 Å². The van der Waals surface area contributed by atoms with E-state index in [9.17, 15) is 4.79 Å². The predicted molar refractivity (Wildman–Crippen MR) is 165 cm³/mol. The highest BCUT2D eigenvalue weighted by Crippen LogP contribution is 2.12. The molecule has 0 heterocycles. The molecule has 0 spiro atoms. The van der Waals surface area contributed by atoms with Crippen molar-refractivity contribution in [3.63, 3.8) is 0 Å². The molecule has 0 saturated carbocycles. The second-order valence-corrected chi connectivity index (χ2v) is 11.1. The second kappa shape index (κ2) is 33.0. The van der Waals surface area contributed by atoms with Crippen LogP contribution in [0.25, 0.3) is 0 Å². The molecule has 0 aromatic heterocycles. The normalized spacial score (nSPS) is 11.7. The van der Waals surface area contributed by atoms with Crippen molar-refractivity contribution in [1.29, 1.82) is 0 Å². The summed E-state index contributed by atoms with van der Waals surface area (Å²) in [5.41, 5.74) is 0. The summed E-state index contributed by atoms with van der Waals surface area (Å²) in [4.78, 5) is 11.9. The standard InChI is InChI=1S/C35H66O2/c1-3-5-7-9-11-13-15-17-19-21-23-25-27-29-31-33-35(36)37-34-32-30-28-26-24-22-20-18-16-14-12-10-8-6-4-2/h17-20H,3-16,21-34H2,1-2H3/b19-17+,20-18+. The molecule has 0 N–H and O–H groups in total. The van der Waals surface area contributed by atoms with Gasteiger partial charge >= 0.3 is 5.97 Å². The zero-order chi connectivity index (χ0) is 26.9. The Bertz CT molecular complexity index is 493. The largest absolute Gasteiger partial charge is 0.466 e. The maximum atomic E-state index is 11.9. The van der Waals surface area contributed by atoms with Crippen molar-refractivity contribution in [2.75, 3.05) is 6.61 Å². The van der Waals surface area contributed by atoms with Crippen LogP contribution in [0.15, 0.2) is 24.3 Å². The summed E-state index contributed by atoms with van der Waals surface area (Å²) >= 11 is 0. The lowest BCUT2D eigenvalue weighted by molar-refractivity contribution is -0.143. The molecule has 2 heteroatoms. The fourth-order valence-electron chi connectivity index (χ4n) is 4.77. The monoisotopic (exact) mass is 519 g/mol. The van der Waals surface area contributed by atoms with Crippen LogP contribution >= 0.6 is 0 Å². The van der Waals surface area contributed by atoms with Crippen LogP contribution in [0.4, 0.5) is 0 Å². The number of carbonyl (C=O) groups is 1. The first kappa shape index (κ1) is 35.9. The van der Waals surface area contributed by atoms with Crippen molar-refractivity contribution in [2.45, 2.75) is 187 Å². The van der Waals surface area contributed by atoms with E-state index in [0.717, 1.165) is 19.3 Å². The Kier molecular flexibility index (Phi) is 32.0. The van der Waals surface area contributed by atoms with E-state index in [4.69, 9.17) is 4.74 Å². The van der Waals surface area contributed by atoms with E-state index in [-0.39, 0.29) is 5.97 Å². The molecule has 0 aliphatic heterocycles. The van der Waals surface area contributed by atoms with Gasteiger partial charge in [-0.3, -0.25) is 4.79 Å². The molecule has 0 bridgehead atoms. The van der Waals surface area contributed by atoms with Crippen LogP contribution in [-0.4, -0.2) is 12.6 Å².